The largest absolute Gasteiger partial charge is 0.497 e. The summed E-state index contributed by atoms with van der Waals surface area (Å²) in [5.41, 5.74) is 0.994. The monoisotopic (exact) mass is 152 g/mol. The first-order valence-electron chi connectivity index (χ1n) is 3.23. The highest BCUT2D eigenvalue weighted by molar-refractivity contribution is 5.18. The summed E-state index contributed by atoms with van der Waals surface area (Å²) in [6.45, 7) is 15.2. The Morgan fingerprint density at radius 2 is 1.64 bits per heavy atom. The first-order valence-corrected chi connectivity index (χ1v) is 3.23. The Morgan fingerprint density at radius 3 is 1.91 bits per heavy atom. The van der Waals surface area contributed by atoms with Gasteiger partial charge in [-0.2, -0.15) is 0 Å². The summed E-state index contributed by atoms with van der Waals surface area (Å²) in [6, 6.07) is 0. The molecular weight excluding hydrogens is 136 g/mol. The molecule has 0 rings (SSSR count). The van der Waals surface area contributed by atoms with E-state index in [4.69, 9.17) is 4.74 Å². The highest BCUT2D eigenvalue weighted by Crippen LogP contribution is 1.96. The van der Waals surface area contributed by atoms with Crippen LogP contribution >= 0.6 is 0 Å². The van der Waals surface area contributed by atoms with Crippen molar-refractivity contribution in [1.29, 1.82) is 0 Å². The number of hydrogen-bond donors (Lipinski definition) is 0. The zero-order chi connectivity index (χ0) is 9.28. The molecule has 0 aromatic carbocycles. The van der Waals surface area contributed by atoms with Gasteiger partial charge in [0.05, 0.1) is 7.11 Å². The van der Waals surface area contributed by atoms with Crippen LogP contribution in [0.15, 0.2) is 49.8 Å². The molecule has 11 heavy (non-hydrogen) atoms. The second kappa shape index (κ2) is 8.76. The summed E-state index contributed by atoms with van der Waals surface area (Å²) in [5, 5.41) is 0. The van der Waals surface area contributed by atoms with Crippen molar-refractivity contribution < 1.29 is 4.74 Å². The molecule has 62 valence electrons. The molecule has 0 unspecified atom stereocenters. The molecular formula is C10H16O. The maximum atomic E-state index is 4.78. The van der Waals surface area contributed by atoms with E-state index in [9.17, 15) is 0 Å². The van der Waals surface area contributed by atoms with Crippen LogP contribution in [0.4, 0.5) is 0 Å². The van der Waals surface area contributed by atoms with Crippen LogP contribution in [-0.4, -0.2) is 7.11 Å². The van der Waals surface area contributed by atoms with E-state index in [-0.39, 0.29) is 0 Å². The summed E-state index contributed by atoms with van der Waals surface area (Å²) < 4.78 is 4.78. The van der Waals surface area contributed by atoms with Gasteiger partial charge in [-0.3, -0.25) is 0 Å². The molecule has 0 amide bonds. The molecule has 0 saturated carbocycles. The van der Waals surface area contributed by atoms with Crippen LogP contribution < -0.4 is 0 Å². The van der Waals surface area contributed by atoms with Crippen LogP contribution in [0.1, 0.15) is 6.92 Å². The standard InChI is InChI=1S/C8H12O.C2H4/c1-7(2)5-6-8(3)9-4;1-2/h5-6H,1,3H2,2,4H3;1-2H2/b6-5-;. The lowest BCUT2D eigenvalue weighted by Gasteiger charge is -1.93. The van der Waals surface area contributed by atoms with Crippen LogP contribution in [0.3, 0.4) is 0 Å². The zero-order valence-electron chi connectivity index (χ0n) is 7.39. The van der Waals surface area contributed by atoms with Crippen LogP contribution in [-0.2, 0) is 4.74 Å². The molecule has 0 spiro atoms. The second-order valence-electron chi connectivity index (χ2n) is 1.85. The van der Waals surface area contributed by atoms with Crippen molar-refractivity contribution in [2.24, 2.45) is 0 Å². The molecule has 0 bridgehead atoms. The SMILES string of the molecule is C=C.C=C(C)/C=C\C(=C)OC. The van der Waals surface area contributed by atoms with Crippen molar-refractivity contribution in [3.63, 3.8) is 0 Å². The van der Waals surface area contributed by atoms with Gasteiger partial charge in [0.1, 0.15) is 5.76 Å². The molecule has 1 nitrogen and oxygen atoms in total. The Bertz CT molecular complexity index is 154. The fraction of sp³-hybridized carbons (Fsp3) is 0.200. The number of ether oxygens (including phenoxy) is 1. The van der Waals surface area contributed by atoms with Gasteiger partial charge in [-0.05, 0) is 13.0 Å². The molecule has 0 heterocycles. The Hall–Kier alpha value is -1.24. The van der Waals surface area contributed by atoms with Crippen LogP contribution in [0, 0.1) is 0 Å². The van der Waals surface area contributed by atoms with Crippen LogP contribution in [0.5, 0.6) is 0 Å². The number of rotatable bonds is 3. The lowest BCUT2D eigenvalue weighted by atomic mass is 10.3. The minimum atomic E-state index is 0.651. The number of hydrogen-bond acceptors (Lipinski definition) is 1. The van der Waals surface area contributed by atoms with Gasteiger partial charge in [-0.25, -0.2) is 0 Å². The summed E-state index contributed by atoms with van der Waals surface area (Å²) in [4.78, 5) is 0. The van der Waals surface area contributed by atoms with Gasteiger partial charge >= 0.3 is 0 Å². The number of allylic oxidation sites excluding steroid dienone is 3. The smallest absolute Gasteiger partial charge is 0.111 e. The Labute approximate surface area is 69.4 Å². The molecule has 0 aliphatic heterocycles. The Kier molecular flexibility index (Phi) is 9.90. The van der Waals surface area contributed by atoms with E-state index in [0.717, 1.165) is 5.57 Å². The Morgan fingerprint density at radius 1 is 1.18 bits per heavy atom. The molecule has 0 saturated heterocycles. The third kappa shape index (κ3) is 12.1. The van der Waals surface area contributed by atoms with Gasteiger partial charge in [-0.1, -0.05) is 24.8 Å². The highest BCUT2D eigenvalue weighted by atomic mass is 16.5. The molecule has 0 atom stereocenters. The molecule has 0 aromatic heterocycles. The lowest BCUT2D eigenvalue weighted by molar-refractivity contribution is 0.309. The van der Waals surface area contributed by atoms with E-state index in [1.807, 2.05) is 13.0 Å². The predicted octanol–water partition coefficient (Wildman–Crippen LogP) is 3.08. The molecule has 0 fully saturated rings. The molecule has 0 aliphatic carbocycles. The normalized spacial score (nSPS) is 8.18. The Balaban J connectivity index is 0. The van der Waals surface area contributed by atoms with Gasteiger partial charge in [0, 0.05) is 0 Å². The first kappa shape index (κ1) is 12.4. The first-order chi connectivity index (χ1) is 5.16. The average molecular weight is 152 g/mol. The van der Waals surface area contributed by atoms with E-state index >= 15 is 0 Å². The van der Waals surface area contributed by atoms with Crippen molar-refractivity contribution in [1.82, 2.24) is 0 Å². The third-order valence-corrected chi connectivity index (χ3v) is 0.816. The lowest BCUT2D eigenvalue weighted by Crippen LogP contribution is -1.76. The van der Waals surface area contributed by atoms with E-state index in [0.29, 0.717) is 5.76 Å². The van der Waals surface area contributed by atoms with Gasteiger partial charge < -0.3 is 4.74 Å². The van der Waals surface area contributed by atoms with Crippen LogP contribution in [0.25, 0.3) is 0 Å². The maximum Gasteiger partial charge on any atom is 0.111 e. The van der Waals surface area contributed by atoms with Gasteiger partial charge in [-0.15, -0.1) is 13.2 Å². The third-order valence-electron chi connectivity index (χ3n) is 0.816. The van der Waals surface area contributed by atoms with E-state index < -0.39 is 0 Å². The summed E-state index contributed by atoms with van der Waals surface area (Å²) in [5.74, 6) is 0.651. The van der Waals surface area contributed by atoms with Gasteiger partial charge in [0.25, 0.3) is 0 Å². The molecule has 0 aliphatic rings. The quantitative estimate of drug-likeness (QED) is 0.343. The highest BCUT2D eigenvalue weighted by Gasteiger charge is 1.79. The average Bonchev–Trinajstić information content (AvgIpc) is 2.04. The van der Waals surface area contributed by atoms with Crippen molar-refractivity contribution >= 4 is 0 Å². The topological polar surface area (TPSA) is 9.23 Å². The minimum Gasteiger partial charge on any atom is -0.497 e. The second-order valence-corrected chi connectivity index (χ2v) is 1.85. The van der Waals surface area contributed by atoms with Crippen molar-refractivity contribution in [2.45, 2.75) is 6.92 Å². The molecule has 0 radical (unpaired) electrons. The fourth-order valence-electron chi connectivity index (χ4n) is 0.303. The zero-order valence-corrected chi connectivity index (χ0v) is 7.39. The molecule has 0 aromatic rings. The predicted molar refractivity (Wildman–Crippen MR) is 51.4 cm³/mol. The van der Waals surface area contributed by atoms with Crippen LogP contribution in [0.2, 0.25) is 0 Å². The maximum absolute atomic E-state index is 4.78. The number of methoxy groups -OCH3 is 1. The van der Waals surface area contributed by atoms with Crippen molar-refractivity contribution in [3.8, 4) is 0 Å². The minimum absolute atomic E-state index is 0.651. The van der Waals surface area contributed by atoms with E-state index in [1.165, 1.54) is 0 Å². The van der Waals surface area contributed by atoms with Gasteiger partial charge in [0.15, 0.2) is 0 Å². The summed E-state index contributed by atoms with van der Waals surface area (Å²) in [7, 11) is 1.59. The van der Waals surface area contributed by atoms with Crippen molar-refractivity contribution in [3.05, 3.63) is 49.8 Å². The van der Waals surface area contributed by atoms with E-state index in [1.54, 1.807) is 13.2 Å². The fourth-order valence-corrected chi connectivity index (χ4v) is 0.303. The summed E-state index contributed by atoms with van der Waals surface area (Å²) in [6.07, 6.45) is 3.63. The van der Waals surface area contributed by atoms with Crippen molar-refractivity contribution in [2.75, 3.05) is 7.11 Å². The van der Waals surface area contributed by atoms with E-state index in [2.05, 4.69) is 26.3 Å². The van der Waals surface area contributed by atoms with Gasteiger partial charge in [0.2, 0.25) is 0 Å². The molecule has 0 N–H and O–H groups in total. The summed E-state index contributed by atoms with van der Waals surface area (Å²) >= 11 is 0. The molecule has 1 heteroatoms.